The number of carbonyl (C=O) groups is 3. The SMILES string of the molecule is COc1cc(C2c3sc(=O)[nH]c3SC3C4CC(C5C(=O)N(CCCCCC(=O)O)C(=O)C45)C23)cc(OC)c1O. The number of thioether (sulfide) groups is 1. The summed E-state index contributed by atoms with van der Waals surface area (Å²) in [6.45, 7) is 0.322. The van der Waals surface area contributed by atoms with Gasteiger partial charge in [0.25, 0.3) is 0 Å². The molecule has 10 nitrogen and oxygen atoms in total. The highest BCUT2D eigenvalue weighted by Crippen LogP contribution is 2.68. The highest BCUT2D eigenvalue weighted by atomic mass is 32.2. The van der Waals surface area contributed by atoms with Gasteiger partial charge in [-0.1, -0.05) is 17.8 Å². The molecule has 1 aromatic heterocycles. The van der Waals surface area contributed by atoms with Crippen molar-refractivity contribution in [3.63, 3.8) is 0 Å². The number of H-pyrrole nitrogens is 1. The molecule has 0 spiro atoms. The van der Waals surface area contributed by atoms with Gasteiger partial charge in [0, 0.05) is 29.0 Å². The number of unbranched alkanes of at least 4 members (excludes halogenated alkanes) is 2. The number of fused-ring (bicyclic) bond motifs is 9. The molecule has 2 aliphatic heterocycles. The summed E-state index contributed by atoms with van der Waals surface area (Å²) in [5.41, 5.74) is 0.837. The zero-order valence-corrected chi connectivity index (χ0v) is 23.2. The summed E-state index contributed by atoms with van der Waals surface area (Å²) in [4.78, 5) is 55.6. The fourth-order valence-electron chi connectivity index (χ4n) is 7.49. The van der Waals surface area contributed by atoms with Gasteiger partial charge in [-0.05, 0) is 54.7 Å². The Morgan fingerprint density at radius 2 is 1.72 bits per heavy atom. The van der Waals surface area contributed by atoms with Crippen LogP contribution in [0.2, 0.25) is 0 Å². The number of ether oxygens (including phenoxy) is 2. The van der Waals surface area contributed by atoms with Crippen LogP contribution < -0.4 is 14.3 Å². The molecule has 2 saturated carbocycles. The highest BCUT2D eigenvalue weighted by Gasteiger charge is 2.69. The number of carboxylic acid groups (broad SMARTS) is 1. The van der Waals surface area contributed by atoms with Crippen LogP contribution in [-0.4, -0.2) is 63.9 Å². The van der Waals surface area contributed by atoms with E-state index in [1.54, 1.807) is 23.9 Å². The van der Waals surface area contributed by atoms with Crippen LogP contribution in [0.3, 0.4) is 0 Å². The molecule has 1 saturated heterocycles. The third kappa shape index (κ3) is 4.05. The van der Waals surface area contributed by atoms with Gasteiger partial charge in [-0.15, -0.1) is 11.8 Å². The van der Waals surface area contributed by atoms with Crippen molar-refractivity contribution in [3.05, 3.63) is 32.2 Å². The Kier molecular flexibility index (Phi) is 6.65. The number of aromatic amines is 1. The van der Waals surface area contributed by atoms with Crippen LogP contribution in [0.5, 0.6) is 17.2 Å². The Morgan fingerprint density at radius 1 is 1.05 bits per heavy atom. The van der Waals surface area contributed by atoms with Gasteiger partial charge < -0.3 is 24.7 Å². The number of hydrogen-bond acceptors (Lipinski definition) is 9. The number of carbonyl (C=O) groups excluding carboxylic acids is 2. The van der Waals surface area contributed by atoms with Crippen LogP contribution in [0, 0.1) is 29.6 Å². The molecule has 6 rings (SSSR count). The van der Waals surface area contributed by atoms with E-state index in [2.05, 4.69) is 4.98 Å². The number of rotatable bonds is 9. The molecule has 0 radical (unpaired) electrons. The van der Waals surface area contributed by atoms with Gasteiger partial charge in [0.05, 0.1) is 31.1 Å². The van der Waals surface area contributed by atoms with E-state index < -0.39 is 5.97 Å². The fourth-order valence-corrected chi connectivity index (χ4v) is 10.4. The quantitative estimate of drug-likeness (QED) is 0.303. The first-order valence-corrected chi connectivity index (χ1v) is 14.9. The number of phenols is 1. The van der Waals surface area contributed by atoms with Gasteiger partial charge in [-0.3, -0.25) is 24.1 Å². The first-order chi connectivity index (χ1) is 18.7. The maximum atomic E-state index is 13.6. The lowest BCUT2D eigenvalue weighted by Crippen LogP contribution is -2.42. The summed E-state index contributed by atoms with van der Waals surface area (Å²) in [5.74, 6) is -1.58. The largest absolute Gasteiger partial charge is 0.502 e. The molecule has 2 bridgehead atoms. The molecule has 3 heterocycles. The molecule has 12 heteroatoms. The number of aliphatic carboxylic acids is 1. The van der Waals surface area contributed by atoms with E-state index in [0.29, 0.717) is 25.8 Å². The minimum Gasteiger partial charge on any atom is -0.502 e. The summed E-state index contributed by atoms with van der Waals surface area (Å²) in [6, 6.07) is 3.55. The van der Waals surface area contributed by atoms with Crippen molar-refractivity contribution in [2.45, 2.75) is 48.3 Å². The smallest absolute Gasteiger partial charge is 0.305 e. The van der Waals surface area contributed by atoms with Gasteiger partial charge >= 0.3 is 10.8 Å². The number of imide groups is 1. The summed E-state index contributed by atoms with van der Waals surface area (Å²) in [6.07, 6.45) is 2.62. The third-order valence-electron chi connectivity index (χ3n) is 8.95. The molecule has 4 aliphatic rings. The highest BCUT2D eigenvalue weighted by molar-refractivity contribution is 8.00. The van der Waals surface area contributed by atoms with Crippen molar-refractivity contribution in [1.29, 1.82) is 0 Å². The lowest BCUT2D eigenvalue weighted by molar-refractivity contribution is -0.141. The summed E-state index contributed by atoms with van der Waals surface area (Å²) in [5, 5.41) is 20.2. The molecule has 3 fully saturated rings. The Hall–Kier alpha value is -2.99. The number of thiazole rings is 1. The number of nitrogens with zero attached hydrogens (tertiary/aromatic N) is 1. The maximum absolute atomic E-state index is 13.6. The molecule has 2 amide bonds. The summed E-state index contributed by atoms with van der Waals surface area (Å²) < 4.78 is 10.9. The van der Waals surface area contributed by atoms with Gasteiger partial charge in [0.2, 0.25) is 17.6 Å². The number of nitrogens with one attached hydrogen (secondary N) is 1. The minimum atomic E-state index is -0.845. The lowest BCUT2D eigenvalue weighted by atomic mass is 9.68. The number of methoxy groups -OCH3 is 2. The first kappa shape index (κ1) is 26.2. The Balaban J connectivity index is 1.33. The van der Waals surface area contributed by atoms with E-state index in [9.17, 15) is 24.3 Å². The van der Waals surface area contributed by atoms with Crippen molar-refractivity contribution in [2.24, 2.45) is 29.6 Å². The second-order valence-electron chi connectivity index (χ2n) is 10.8. The number of carboxylic acids is 1. The number of aromatic hydroxyl groups is 1. The number of hydrogen-bond donors (Lipinski definition) is 3. The summed E-state index contributed by atoms with van der Waals surface area (Å²) in [7, 11) is 2.94. The van der Waals surface area contributed by atoms with Crippen molar-refractivity contribution >= 4 is 40.9 Å². The number of likely N-dealkylation sites (tertiary alicyclic amines) is 1. The third-order valence-corrected chi connectivity index (χ3v) is 11.5. The van der Waals surface area contributed by atoms with Crippen LogP contribution in [-0.2, 0) is 14.4 Å². The predicted molar refractivity (Wildman–Crippen MR) is 143 cm³/mol. The predicted octanol–water partition coefficient (Wildman–Crippen LogP) is 3.28. The zero-order valence-electron chi connectivity index (χ0n) is 21.5. The number of aromatic nitrogens is 1. The molecule has 7 unspecified atom stereocenters. The van der Waals surface area contributed by atoms with Gasteiger partial charge in [0.1, 0.15) is 0 Å². The van der Waals surface area contributed by atoms with Crippen LogP contribution >= 0.6 is 23.1 Å². The molecule has 2 aromatic rings. The van der Waals surface area contributed by atoms with E-state index in [0.717, 1.165) is 21.9 Å². The maximum Gasteiger partial charge on any atom is 0.305 e. The molecule has 3 N–H and O–H groups in total. The average Bonchev–Trinajstić information content (AvgIpc) is 3.63. The fraction of sp³-hybridized carbons (Fsp3) is 0.556. The number of benzene rings is 1. The minimum absolute atomic E-state index is 0.0171. The Labute approximate surface area is 232 Å². The molecule has 208 valence electrons. The van der Waals surface area contributed by atoms with Crippen molar-refractivity contribution in [1.82, 2.24) is 9.88 Å². The van der Waals surface area contributed by atoms with E-state index in [4.69, 9.17) is 14.6 Å². The van der Waals surface area contributed by atoms with E-state index >= 15 is 0 Å². The number of phenolic OH excluding ortho intramolecular Hbond substituents is 1. The molecule has 7 atom stereocenters. The lowest BCUT2D eigenvalue weighted by Gasteiger charge is -2.43. The summed E-state index contributed by atoms with van der Waals surface area (Å²) >= 11 is 2.78. The second-order valence-corrected chi connectivity index (χ2v) is 13.0. The first-order valence-electron chi connectivity index (χ1n) is 13.2. The monoisotopic (exact) mass is 574 g/mol. The Bertz CT molecular complexity index is 1380. The Morgan fingerprint density at radius 3 is 2.36 bits per heavy atom. The van der Waals surface area contributed by atoms with Gasteiger partial charge in [-0.25, -0.2) is 0 Å². The van der Waals surface area contributed by atoms with Gasteiger partial charge in [0.15, 0.2) is 11.5 Å². The zero-order chi connectivity index (χ0) is 27.6. The van der Waals surface area contributed by atoms with Gasteiger partial charge in [-0.2, -0.15) is 0 Å². The molecule has 2 aliphatic carbocycles. The average molecular weight is 575 g/mol. The standard InChI is InChI=1S/C27H30N2O8S2/c1-36-14-8-11(9-15(37-2)21(14)32)17-18-12-10-13(22(18)38-24-23(17)39-27(35)28-24)20-19(12)25(33)29(26(20)34)7-5-3-4-6-16(30)31/h8-9,12-13,17-20,22,32H,3-7,10H2,1-2H3,(H,28,35)(H,30,31). The van der Waals surface area contributed by atoms with E-state index in [1.807, 2.05) is 0 Å². The topological polar surface area (TPSA) is 146 Å². The van der Waals surface area contributed by atoms with Crippen LogP contribution in [0.1, 0.15) is 48.5 Å². The van der Waals surface area contributed by atoms with E-state index in [-0.39, 0.29) is 81.1 Å². The molecule has 39 heavy (non-hydrogen) atoms. The molecular formula is C27H30N2O8S2. The van der Waals surface area contributed by atoms with Crippen molar-refractivity contribution in [2.75, 3.05) is 20.8 Å². The van der Waals surface area contributed by atoms with Crippen molar-refractivity contribution in [3.8, 4) is 17.2 Å². The molecule has 1 aromatic carbocycles. The molecular weight excluding hydrogens is 544 g/mol. The van der Waals surface area contributed by atoms with E-state index in [1.165, 1.54) is 30.5 Å². The normalized spacial score (nSPS) is 30.3. The van der Waals surface area contributed by atoms with Crippen molar-refractivity contribution < 1.29 is 34.1 Å². The van der Waals surface area contributed by atoms with Crippen LogP contribution in [0.25, 0.3) is 0 Å². The van der Waals surface area contributed by atoms with Crippen LogP contribution in [0.4, 0.5) is 0 Å². The van der Waals surface area contributed by atoms with Crippen LogP contribution in [0.15, 0.2) is 22.0 Å². The number of amides is 2. The second kappa shape index (κ2) is 9.88.